The Bertz CT molecular complexity index is 495. The summed E-state index contributed by atoms with van der Waals surface area (Å²) in [5.74, 6) is -0.343. The van der Waals surface area contributed by atoms with E-state index in [4.69, 9.17) is 9.47 Å². The molecule has 0 rings (SSSR count). The molecule has 41 heavy (non-hydrogen) atoms. The van der Waals surface area contributed by atoms with Gasteiger partial charge in [0.2, 0.25) is 0 Å². The molecule has 0 bridgehead atoms. The summed E-state index contributed by atoms with van der Waals surface area (Å²) in [6.07, 6.45) is 37.7. The molecular weight excluding hydrogens is 508 g/mol. The first-order valence-corrected chi connectivity index (χ1v) is 18.6. The summed E-state index contributed by atoms with van der Waals surface area (Å²) in [6, 6.07) is 0. The van der Waals surface area contributed by atoms with Gasteiger partial charge in [0.05, 0.1) is 19.6 Å². The lowest BCUT2D eigenvalue weighted by Gasteiger charge is -2.14. The lowest BCUT2D eigenvalue weighted by atomic mass is 10.0. The highest BCUT2D eigenvalue weighted by Gasteiger charge is 2.14. The number of unbranched alkanes of at least 4 members (excludes halogenated alkanes) is 26. The molecule has 0 spiro atoms. The molecule has 4 heteroatoms. The Labute approximate surface area is 257 Å². The summed E-state index contributed by atoms with van der Waals surface area (Å²) in [7, 11) is 0. The van der Waals surface area contributed by atoms with Gasteiger partial charge in [-0.2, -0.15) is 0 Å². The van der Waals surface area contributed by atoms with E-state index in [1.54, 1.807) is 0 Å². The molecule has 0 aliphatic rings. The minimum Gasteiger partial charge on any atom is -0.466 e. The van der Waals surface area contributed by atoms with Crippen LogP contribution >= 0.6 is 0 Å². The Morgan fingerprint density at radius 2 is 0.805 bits per heavy atom. The molecule has 246 valence electrons. The maximum Gasteiger partial charge on any atom is 0.306 e. The van der Waals surface area contributed by atoms with Crippen molar-refractivity contribution >= 4 is 5.97 Å². The van der Waals surface area contributed by atoms with Gasteiger partial charge < -0.3 is 14.6 Å². The maximum atomic E-state index is 12.1. The van der Waals surface area contributed by atoms with E-state index in [-0.39, 0.29) is 24.9 Å². The maximum absolute atomic E-state index is 12.1. The number of carbonyl (C=O) groups excluding carboxylic acids is 1. The van der Waals surface area contributed by atoms with Crippen LogP contribution in [0, 0.1) is 5.92 Å². The molecule has 0 heterocycles. The van der Waals surface area contributed by atoms with Gasteiger partial charge in [-0.15, -0.1) is 0 Å². The molecule has 0 aromatic carbocycles. The molecule has 0 fully saturated rings. The second-order valence-corrected chi connectivity index (χ2v) is 12.7. The van der Waals surface area contributed by atoms with Gasteiger partial charge in [0.1, 0.15) is 0 Å². The molecule has 0 saturated carbocycles. The number of ether oxygens (including phenoxy) is 2. The molecule has 1 N–H and O–H groups in total. The molecule has 0 aromatic rings. The molecule has 0 aliphatic heterocycles. The van der Waals surface area contributed by atoms with E-state index in [9.17, 15) is 9.90 Å². The van der Waals surface area contributed by atoms with Crippen molar-refractivity contribution in [2.45, 2.75) is 200 Å². The van der Waals surface area contributed by atoms with E-state index in [1.807, 2.05) is 0 Å². The smallest absolute Gasteiger partial charge is 0.306 e. The quantitative estimate of drug-likeness (QED) is 0.0596. The van der Waals surface area contributed by atoms with Gasteiger partial charge in [0, 0.05) is 19.1 Å². The number of hydrogen-bond acceptors (Lipinski definition) is 4. The largest absolute Gasteiger partial charge is 0.466 e. The zero-order valence-electron chi connectivity index (χ0n) is 28.1. The molecule has 0 amide bonds. The van der Waals surface area contributed by atoms with E-state index < -0.39 is 0 Å². The summed E-state index contributed by atoms with van der Waals surface area (Å²) < 4.78 is 11.2. The minimum absolute atomic E-state index is 0.0211. The number of hydrogen-bond donors (Lipinski definition) is 1. The summed E-state index contributed by atoms with van der Waals surface area (Å²) in [5.41, 5.74) is 0. The number of carbonyl (C=O) groups is 1. The predicted octanol–water partition coefficient (Wildman–Crippen LogP) is 11.5. The van der Waals surface area contributed by atoms with Crippen LogP contribution in [0.3, 0.4) is 0 Å². The molecule has 0 radical (unpaired) electrons. The highest BCUT2D eigenvalue weighted by molar-refractivity contribution is 5.69. The highest BCUT2D eigenvalue weighted by Crippen LogP contribution is 2.15. The molecule has 0 saturated heterocycles. The van der Waals surface area contributed by atoms with Crippen molar-refractivity contribution < 1.29 is 19.4 Å². The second-order valence-electron chi connectivity index (χ2n) is 12.7. The highest BCUT2D eigenvalue weighted by atomic mass is 16.5. The third-order valence-corrected chi connectivity index (χ3v) is 8.47. The monoisotopic (exact) mass is 583 g/mol. The van der Waals surface area contributed by atoms with Gasteiger partial charge in [-0.05, 0) is 12.8 Å². The van der Waals surface area contributed by atoms with E-state index >= 15 is 0 Å². The van der Waals surface area contributed by atoms with Crippen LogP contribution in [0.2, 0.25) is 0 Å². The zero-order valence-corrected chi connectivity index (χ0v) is 28.1. The van der Waals surface area contributed by atoms with Crippen molar-refractivity contribution in [1.82, 2.24) is 0 Å². The SMILES string of the molecule is CCCCCCCCCCCCCCCCOC[C@H](CO)CC(=O)OCCCCCCCCCCCCCCCC. The van der Waals surface area contributed by atoms with Crippen LogP contribution in [0.1, 0.15) is 200 Å². The zero-order chi connectivity index (χ0) is 29.9. The van der Waals surface area contributed by atoms with Crippen LogP contribution in [0.4, 0.5) is 0 Å². The number of aliphatic hydroxyl groups excluding tert-OH is 1. The van der Waals surface area contributed by atoms with Crippen LogP contribution in [-0.4, -0.2) is 37.5 Å². The second kappa shape index (κ2) is 35.6. The number of aliphatic hydroxyl groups is 1. The van der Waals surface area contributed by atoms with Crippen molar-refractivity contribution in [2.75, 3.05) is 26.4 Å². The topological polar surface area (TPSA) is 55.8 Å². The van der Waals surface area contributed by atoms with Crippen LogP contribution in [0.25, 0.3) is 0 Å². The summed E-state index contributed by atoms with van der Waals surface area (Å²) in [6.45, 7) is 6.22. The fourth-order valence-electron chi connectivity index (χ4n) is 5.60. The first-order chi connectivity index (χ1) is 20.2. The average molecular weight is 583 g/mol. The van der Waals surface area contributed by atoms with Crippen molar-refractivity contribution in [3.8, 4) is 0 Å². The Morgan fingerprint density at radius 3 is 1.15 bits per heavy atom. The summed E-state index contributed by atoms with van der Waals surface area (Å²) in [4.78, 5) is 12.1. The van der Waals surface area contributed by atoms with Crippen molar-refractivity contribution in [1.29, 1.82) is 0 Å². The minimum atomic E-state index is -0.196. The van der Waals surface area contributed by atoms with Gasteiger partial charge >= 0.3 is 5.97 Å². The number of esters is 1. The van der Waals surface area contributed by atoms with Gasteiger partial charge in [-0.1, -0.05) is 181 Å². The average Bonchev–Trinajstić information content (AvgIpc) is 2.98. The van der Waals surface area contributed by atoms with E-state index in [0.717, 1.165) is 25.9 Å². The third-order valence-electron chi connectivity index (χ3n) is 8.47. The molecular formula is C37H74O4. The Balaban J connectivity index is 3.38. The normalized spacial score (nSPS) is 12.2. The van der Waals surface area contributed by atoms with Crippen LogP contribution in [-0.2, 0) is 14.3 Å². The van der Waals surface area contributed by atoms with Crippen LogP contribution in [0.5, 0.6) is 0 Å². The van der Waals surface area contributed by atoms with Gasteiger partial charge in [-0.25, -0.2) is 0 Å². The Morgan fingerprint density at radius 1 is 0.488 bits per heavy atom. The molecule has 0 aromatic heterocycles. The van der Waals surface area contributed by atoms with Crippen LogP contribution in [0.15, 0.2) is 0 Å². The molecule has 0 unspecified atom stereocenters. The molecule has 4 nitrogen and oxygen atoms in total. The lowest BCUT2D eigenvalue weighted by Crippen LogP contribution is -2.20. The van der Waals surface area contributed by atoms with Crippen molar-refractivity contribution in [2.24, 2.45) is 5.92 Å². The standard InChI is InChI=1S/C37H74O4/c1-3-5-7-9-11-13-15-17-19-21-23-25-27-29-31-40-35-36(34-38)33-37(39)41-32-30-28-26-24-22-20-18-16-14-12-10-8-6-4-2/h36,38H,3-35H2,1-2H3/t36-/m0/s1. The van der Waals surface area contributed by atoms with Gasteiger partial charge in [0.25, 0.3) is 0 Å². The third kappa shape index (κ3) is 33.8. The van der Waals surface area contributed by atoms with E-state index in [2.05, 4.69) is 13.8 Å². The van der Waals surface area contributed by atoms with Crippen molar-refractivity contribution in [3.63, 3.8) is 0 Å². The molecule has 0 aliphatic carbocycles. The van der Waals surface area contributed by atoms with Crippen molar-refractivity contribution in [3.05, 3.63) is 0 Å². The fourth-order valence-corrected chi connectivity index (χ4v) is 5.60. The summed E-state index contributed by atoms with van der Waals surface area (Å²) >= 11 is 0. The lowest BCUT2D eigenvalue weighted by molar-refractivity contribution is -0.146. The Kier molecular flexibility index (Phi) is 35.1. The fraction of sp³-hybridized carbons (Fsp3) is 0.973. The number of rotatable bonds is 35. The first-order valence-electron chi connectivity index (χ1n) is 18.6. The first kappa shape index (κ1) is 40.4. The van der Waals surface area contributed by atoms with E-state index in [0.29, 0.717) is 13.2 Å². The van der Waals surface area contributed by atoms with Crippen LogP contribution < -0.4 is 0 Å². The van der Waals surface area contributed by atoms with Gasteiger partial charge in [-0.3, -0.25) is 4.79 Å². The predicted molar refractivity (Wildman–Crippen MR) is 178 cm³/mol. The summed E-state index contributed by atoms with van der Waals surface area (Å²) in [5, 5.41) is 9.62. The molecule has 1 atom stereocenters. The van der Waals surface area contributed by atoms with Gasteiger partial charge in [0.15, 0.2) is 0 Å². The Hall–Kier alpha value is -0.610. The van der Waals surface area contributed by atoms with E-state index in [1.165, 1.54) is 161 Å².